The smallest absolute Gasteiger partial charge is 0.416 e. The number of halogens is 3. The second kappa shape index (κ2) is 6.64. The molecule has 0 bridgehead atoms. The number of rotatable bonds is 4. The lowest BCUT2D eigenvalue weighted by molar-refractivity contribution is -0.138. The van der Waals surface area contributed by atoms with Gasteiger partial charge in [0.25, 0.3) is 0 Å². The zero-order chi connectivity index (χ0) is 18.0. The Morgan fingerprint density at radius 3 is 2.25 bits per heavy atom. The summed E-state index contributed by atoms with van der Waals surface area (Å²) in [6.45, 7) is 0. The normalized spacial score (nSPS) is 12.0. The minimum atomic E-state index is -4.72. The average molecular weight is 358 g/mol. The molecule has 0 N–H and O–H groups in total. The van der Waals surface area contributed by atoms with E-state index in [0.29, 0.717) is 6.07 Å². The van der Waals surface area contributed by atoms with E-state index in [1.807, 2.05) is 0 Å². The van der Waals surface area contributed by atoms with E-state index < -0.39 is 38.9 Å². The largest absolute Gasteiger partial charge is 0.426 e. The van der Waals surface area contributed by atoms with Crippen LogP contribution < -0.4 is 4.74 Å². The third-order valence-electron chi connectivity index (χ3n) is 3.05. The van der Waals surface area contributed by atoms with E-state index in [1.165, 1.54) is 12.1 Å². The first-order chi connectivity index (χ1) is 11.1. The Balaban J connectivity index is 2.30. The highest BCUT2D eigenvalue weighted by Crippen LogP contribution is 2.32. The second-order valence-corrected chi connectivity index (χ2v) is 7.12. The summed E-state index contributed by atoms with van der Waals surface area (Å²) in [5.74, 6) is -0.544. The molecule has 2 rings (SSSR count). The van der Waals surface area contributed by atoms with Gasteiger partial charge in [-0.25, -0.2) is 8.42 Å². The van der Waals surface area contributed by atoms with Gasteiger partial charge in [-0.05, 0) is 35.9 Å². The Bertz CT molecular complexity index is 843. The zero-order valence-corrected chi connectivity index (χ0v) is 13.3. The number of carbonyl (C=O) groups is 1. The van der Waals surface area contributed by atoms with E-state index in [2.05, 4.69) is 0 Å². The molecule has 4 nitrogen and oxygen atoms in total. The van der Waals surface area contributed by atoms with E-state index in [0.717, 1.165) is 18.4 Å². The highest BCUT2D eigenvalue weighted by atomic mass is 32.2. The van der Waals surface area contributed by atoms with Crippen molar-refractivity contribution < 1.29 is 31.1 Å². The molecule has 0 amide bonds. The third kappa shape index (κ3) is 4.82. The van der Waals surface area contributed by atoms with Crippen molar-refractivity contribution in [1.29, 1.82) is 0 Å². The molecule has 0 aliphatic heterocycles. The van der Waals surface area contributed by atoms with Crippen molar-refractivity contribution in [2.24, 2.45) is 0 Å². The molecular weight excluding hydrogens is 345 g/mol. The van der Waals surface area contributed by atoms with Crippen LogP contribution in [0.25, 0.3) is 0 Å². The van der Waals surface area contributed by atoms with E-state index >= 15 is 0 Å². The van der Waals surface area contributed by atoms with Crippen LogP contribution in [0.3, 0.4) is 0 Å². The van der Waals surface area contributed by atoms with Crippen molar-refractivity contribution >= 4 is 15.8 Å². The number of hydrogen-bond acceptors (Lipinski definition) is 4. The van der Waals surface area contributed by atoms with Gasteiger partial charge in [0.1, 0.15) is 5.75 Å². The number of carbonyl (C=O) groups excluding carboxylic acids is 1. The first-order valence-electron chi connectivity index (χ1n) is 6.72. The third-order valence-corrected chi connectivity index (χ3v) is 4.14. The summed E-state index contributed by atoms with van der Waals surface area (Å²) >= 11 is 0. The van der Waals surface area contributed by atoms with Crippen molar-refractivity contribution in [1.82, 2.24) is 0 Å². The molecule has 0 aliphatic carbocycles. The molecule has 2 aromatic rings. The maximum absolute atomic E-state index is 12.9. The molecular formula is C16H13F3O4S. The van der Waals surface area contributed by atoms with Gasteiger partial charge in [-0.1, -0.05) is 18.2 Å². The Morgan fingerprint density at radius 1 is 1.08 bits per heavy atom. The standard InChI is InChI=1S/C16H13F3O4S/c1-24(21,22)14-8-11(7-12(10-14)16(17,18)19)9-15(20)23-13-5-3-2-4-6-13/h2-8,10H,9H2,1H3. The Hall–Kier alpha value is -2.35. The Kier molecular flexibility index (Phi) is 4.98. The molecule has 8 heteroatoms. The highest BCUT2D eigenvalue weighted by Gasteiger charge is 2.32. The molecule has 2 aromatic carbocycles. The summed E-state index contributed by atoms with van der Waals surface area (Å²) < 4.78 is 66.8. The van der Waals surface area contributed by atoms with Crippen molar-refractivity contribution in [2.45, 2.75) is 17.5 Å². The van der Waals surface area contributed by atoms with Gasteiger partial charge in [-0.3, -0.25) is 4.79 Å². The first-order valence-corrected chi connectivity index (χ1v) is 8.62. The lowest BCUT2D eigenvalue weighted by atomic mass is 10.1. The minimum Gasteiger partial charge on any atom is -0.426 e. The second-order valence-electron chi connectivity index (χ2n) is 5.10. The number of ether oxygens (including phenoxy) is 1. The predicted octanol–water partition coefficient (Wildman–Crippen LogP) is 3.26. The average Bonchev–Trinajstić information content (AvgIpc) is 2.46. The van der Waals surface area contributed by atoms with Crippen molar-refractivity contribution in [3.63, 3.8) is 0 Å². The van der Waals surface area contributed by atoms with E-state index in [9.17, 15) is 26.4 Å². The van der Waals surface area contributed by atoms with E-state index in [4.69, 9.17) is 4.74 Å². The van der Waals surface area contributed by atoms with Crippen LogP contribution in [0, 0.1) is 0 Å². The summed E-state index contributed by atoms with van der Waals surface area (Å²) in [7, 11) is -3.85. The van der Waals surface area contributed by atoms with Crippen LogP contribution in [-0.2, 0) is 27.2 Å². The fourth-order valence-electron chi connectivity index (χ4n) is 1.96. The summed E-state index contributed by atoms with van der Waals surface area (Å²) in [6, 6.07) is 10.3. The van der Waals surface area contributed by atoms with Gasteiger partial charge in [-0.2, -0.15) is 13.2 Å². The van der Waals surface area contributed by atoms with E-state index in [-0.39, 0.29) is 11.3 Å². The number of sulfone groups is 1. The summed E-state index contributed by atoms with van der Waals surface area (Å²) in [5.41, 5.74) is -1.22. The predicted molar refractivity (Wildman–Crippen MR) is 80.3 cm³/mol. The van der Waals surface area contributed by atoms with Gasteiger partial charge in [0.15, 0.2) is 9.84 Å². The van der Waals surface area contributed by atoms with Crippen LogP contribution in [0.15, 0.2) is 53.4 Å². The molecule has 0 fully saturated rings. The summed E-state index contributed by atoms with van der Waals surface area (Å²) in [4.78, 5) is 11.4. The lowest BCUT2D eigenvalue weighted by Crippen LogP contribution is -2.14. The van der Waals surface area contributed by atoms with Crippen LogP contribution in [0.5, 0.6) is 5.75 Å². The SMILES string of the molecule is CS(=O)(=O)c1cc(CC(=O)Oc2ccccc2)cc(C(F)(F)F)c1. The molecule has 0 spiro atoms. The molecule has 0 aromatic heterocycles. The van der Waals surface area contributed by atoms with Crippen LogP contribution in [0.2, 0.25) is 0 Å². The number of para-hydroxylation sites is 1. The molecule has 0 radical (unpaired) electrons. The molecule has 0 atom stereocenters. The van der Waals surface area contributed by atoms with Gasteiger partial charge >= 0.3 is 12.1 Å². The molecule has 128 valence electrons. The summed E-state index contributed by atoms with van der Waals surface area (Å²) in [6.07, 6.45) is -4.41. The fourth-order valence-corrected chi connectivity index (χ4v) is 2.67. The maximum atomic E-state index is 12.9. The number of benzene rings is 2. The monoisotopic (exact) mass is 358 g/mol. The van der Waals surface area contributed by atoms with Gasteiger partial charge in [-0.15, -0.1) is 0 Å². The molecule has 24 heavy (non-hydrogen) atoms. The van der Waals surface area contributed by atoms with Crippen LogP contribution in [0.4, 0.5) is 13.2 Å². The topological polar surface area (TPSA) is 60.4 Å². The fraction of sp³-hybridized carbons (Fsp3) is 0.188. The first kappa shape index (κ1) is 18.0. The van der Waals surface area contributed by atoms with Crippen LogP contribution >= 0.6 is 0 Å². The van der Waals surface area contributed by atoms with Gasteiger partial charge in [0.05, 0.1) is 16.9 Å². The van der Waals surface area contributed by atoms with Crippen LogP contribution in [0.1, 0.15) is 11.1 Å². The Labute approximate surface area is 136 Å². The van der Waals surface area contributed by atoms with Gasteiger partial charge < -0.3 is 4.74 Å². The zero-order valence-electron chi connectivity index (χ0n) is 12.5. The maximum Gasteiger partial charge on any atom is 0.416 e. The van der Waals surface area contributed by atoms with Crippen molar-refractivity contribution in [2.75, 3.05) is 6.26 Å². The lowest BCUT2D eigenvalue weighted by Gasteiger charge is -2.11. The number of alkyl halides is 3. The summed E-state index contributed by atoms with van der Waals surface area (Å²) in [5, 5.41) is 0. The molecule has 0 heterocycles. The van der Waals surface area contributed by atoms with Crippen molar-refractivity contribution in [3.05, 3.63) is 59.7 Å². The Morgan fingerprint density at radius 2 is 1.71 bits per heavy atom. The highest BCUT2D eigenvalue weighted by molar-refractivity contribution is 7.90. The number of hydrogen-bond donors (Lipinski definition) is 0. The minimum absolute atomic E-state index is 0.0915. The van der Waals surface area contributed by atoms with Gasteiger partial charge in [0, 0.05) is 6.26 Å². The molecule has 0 saturated heterocycles. The molecule has 0 saturated carbocycles. The molecule has 0 unspecified atom stereocenters. The van der Waals surface area contributed by atoms with Gasteiger partial charge in [0.2, 0.25) is 0 Å². The van der Waals surface area contributed by atoms with Crippen molar-refractivity contribution in [3.8, 4) is 5.75 Å². The van der Waals surface area contributed by atoms with Crippen LogP contribution in [-0.4, -0.2) is 20.6 Å². The molecule has 0 aliphatic rings. The quantitative estimate of drug-likeness (QED) is 0.622. The number of esters is 1. The van der Waals surface area contributed by atoms with E-state index in [1.54, 1.807) is 18.2 Å².